The highest BCUT2D eigenvalue weighted by molar-refractivity contribution is 5.37. The maximum absolute atomic E-state index is 12.1. The molecule has 0 aliphatic carbocycles. The van der Waals surface area contributed by atoms with Crippen molar-refractivity contribution in [2.75, 3.05) is 26.4 Å². The van der Waals surface area contributed by atoms with Gasteiger partial charge in [0, 0.05) is 0 Å². The van der Waals surface area contributed by atoms with Gasteiger partial charge in [-0.3, -0.25) is 0 Å². The second kappa shape index (κ2) is 10.9. The number of hydrogen-bond donors (Lipinski definition) is 1. The Balaban J connectivity index is 1.67. The Morgan fingerprint density at radius 2 is 1.15 bits per heavy atom. The Morgan fingerprint density at radius 1 is 0.667 bits per heavy atom. The van der Waals surface area contributed by atoms with E-state index in [1.165, 1.54) is 0 Å². The maximum atomic E-state index is 12.1. The minimum atomic E-state index is -0.961. The van der Waals surface area contributed by atoms with Gasteiger partial charge >= 0.3 is 0 Å². The van der Waals surface area contributed by atoms with Crippen LogP contribution in [0.25, 0.3) is 0 Å². The fourth-order valence-electron chi connectivity index (χ4n) is 4.57. The molecule has 4 heteroatoms. The first-order chi connectivity index (χ1) is 16.0. The third-order valence-electron chi connectivity index (χ3n) is 6.29. The smallest absolute Gasteiger partial charge is 0.122 e. The van der Waals surface area contributed by atoms with Crippen LogP contribution in [0.2, 0.25) is 0 Å². The van der Waals surface area contributed by atoms with Crippen LogP contribution >= 0.6 is 0 Å². The Kier molecular flexibility index (Phi) is 7.69. The summed E-state index contributed by atoms with van der Waals surface area (Å²) in [4.78, 5) is 0. The standard InChI is InChI=1S/C29H34O4/c1-22-19-23(2)21-26(20-22)29(30)13-11-24-7-3-5-9-27(24)32-17-15-31-16-18-33-28-10-6-4-8-25(28)12-14-29/h3-10,19-21,30H,11-18H2,1-2H3. The average molecular weight is 447 g/mol. The molecule has 3 aromatic carbocycles. The van der Waals surface area contributed by atoms with E-state index in [0.717, 1.165) is 52.2 Å². The lowest BCUT2D eigenvalue weighted by molar-refractivity contribution is 0.0182. The summed E-state index contributed by atoms with van der Waals surface area (Å²) in [6, 6.07) is 22.6. The fraction of sp³-hybridized carbons (Fsp3) is 0.379. The van der Waals surface area contributed by atoms with Crippen molar-refractivity contribution in [3.8, 4) is 11.5 Å². The van der Waals surface area contributed by atoms with Gasteiger partial charge in [-0.15, -0.1) is 0 Å². The minimum Gasteiger partial charge on any atom is -0.491 e. The molecule has 1 aliphatic heterocycles. The predicted octanol–water partition coefficient (Wildman–Crippen LogP) is 5.54. The third-order valence-corrected chi connectivity index (χ3v) is 6.29. The predicted molar refractivity (Wildman–Crippen MR) is 131 cm³/mol. The first-order valence-corrected chi connectivity index (χ1v) is 11.8. The van der Waals surface area contributed by atoms with Crippen LogP contribution in [0.5, 0.6) is 11.5 Å². The Morgan fingerprint density at radius 3 is 1.67 bits per heavy atom. The van der Waals surface area contributed by atoms with Crippen LogP contribution in [0, 0.1) is 13.8 Å². The lowest BCUT2D eigenvalue weighted by Crippen LogP contribution is -2.28. The Hall–Kier alpha value is -2.82. The summed E-state index contributed by atoms with van der Waals surface area (Å²) in [5.41, 5.74) is 4.56. The molecule has 0 fully saturated rings. The van der Waals surface area contributed by atoms with Crippen molar-refractivity contribution >= 4 is 0 Å². The molecule has 0 aromatic heterocycles. The molecule has 0 bridgehead atoms. The van der Waals surface area contributed by atoms with Gasteiger partial charge in [-0.2, -0.15) is 0 Å². The average Bonchev–Trinajstić information content (AvgIpc) is 2.81. The van der Waals surface area contributed by atoms with Crippen LogP contribution in [0.15, 0.2) is 66.7 Å². The largest absolute Gasteiger partial charge is 0.491 e. The number of ether oxygens (including phenoxy) is 3. The van der Waals surface area contributed by atoms with E-state index < -0.39 is 5.60 Å². The lowest BCUT2D eigenvalue weighted by Gasteiger charge is -2.30. The third kappa shape index (κ3) is 6.16. The van der Waals surface area contributed by atoms with Crippen molar-refractivity contribution in [3.05, 3.63) is 94.5 Å². The van der Waals surface area contributed by atoms with E-state index in [1.54, 1.807) is 0 Å². The van der Waals surface area contributed by atoms with E-state index in [-0.39, 0.29) is 0 Å². The van der Waals surface area contributed by atoms with Crippen molar-refractivity contribution in [3.63, 3.8) is 0 Å². The molecule has 0 spiro atoms. The van der Waals surface area contributed by atoms with Crippen LogP contribution < -0.4 is 9.47 Å². The van der Waals surface area contributed by atoms with Gasteiger partial charge in [-0.1, -0.05) is 65.7 Å². The van der Waals surface area contributed by atoms with Crippen molar-refractivity contribution < 1.29 is 19.3 Å². The van der Waals surface area contributed by atoms with Gasteiger partial charge in [0.2, 0.25) is 0 Å². The zero-order valence-corrected chi connectivity index (χ0v) is 19.7. The van der Waals surface area contributed by atoms with Crippen molar-refractivity contribution in [2.45, 2.75) is 45.1 Å². The number of fused-ring (bicyclic) bond motifs is 2. The van der Waals surface area contributed by atoms with Crippen molar-refractivity contribution in [1.82, 2.24) is 0 Å². The van der Waals surface area contributed by atoms with Gasteiger partial charge in [0.15, 0.2) is 0 Å². The number of benzene rings is 3. The number of para-hydroxylation sites is 2. The number of aliphatic hydroxyl groups is 1. The summed E-state index contributed by atoms with van der Waals surface area (Å²) in [7, 11) is 0. The summed E-state index contributed by atoms with van der Waals surface area (Å²) in [5.74, 6) is 1.72. The molecular formula is C29H34O4. The minimum absolute atomic E-state index is 0.481. The quantitative estimate of drug-likeness (QED) is 0.533. The second-order valence-electron chi connectivity index (χ2n) is 8.93. The fourth-order valence-corrected chi connectivity index (χ4v) is 4.57. The molecule has 4 nitrogen and oxygen atoms in total. The highest BCUT2D eigenvalue weighted by atomic mass is 16.5. The van der Waals surface area contributed by atoms with Crippen molar-refractivity contribution in [2.24, 2.45) is 0 Å². The van der Waals surface area contributed by atoms with E-state index in [0.29, 0.717) is 39.3 Å². The molecular weight excluding hydrogens is 412 g/mol. The zero-order chi connectivity index (χ0) is 23.1. The summed E-state index contributed by atoms with van der Waals surface area (Å²) >= 11 is 0. The summed E-state index contributed by atoms with van der Waals surface area (Å²) in [5, 5.41) is 12.1. The van der Waals surface area contributed by atoms with Gasteiger partial charge in [0.05, 0.1) is 18.8 Å². The summed E-state index contributed by atoms with van der Waals surface area (Å²) in [6.07, 6.45) is 2.66. The molecule has 0 amide bonds. The number of rotatable bonds is 1. The van der Waals surface area contributed by atoms with Gasteiger partial charge in [0.25, 0.3) is 0 Å². The lowest BCUT2D eigenvalue weighted by atomic mass is 9.81. The van der Waals surface area contributed by atoms with Gasteiger partial charge < -0.3 is 19.3 Å². The first-order valence-electron chi connectivity index (χ1n) is 11.8. The molecule has 1 aliphatic rings. The SMILES string of the molecule is Cc1cc(C)cc(C2(O)CCc3ccccc3OCCOCCOc3ccccc3CC2)c1. The number of hydrogen-bond acceptors (Lipinski definition) is 4. The van der Waals surface area contributed by atoms with E-state index in [2.05, 4.69) is 44.2 Å². The first kappa shape index (κ1) is 23.3. The molecule has 0 radical (unpaired) electrons. The Bertz CT molecular complexity index is 983. The summed E-state index contributed by atoms with van der Waals surface area (Å²) < 4.78 is 17.7. The van der Waals surface area contributed by atoms with Gasteiger partial charge in [0.1, 0.15) is 24.7 Å². The maximum Gasteiger partial charge on any atom is 0.122 e. The van der Waals surface area contributed by atoms with E-state index in [1.807, 2.05) is 36.4 Å². The topological polar surface area (TPSA) is 47.9 Å². The molecule has 0 atom stereocenters. The van der Waals surface area contributed by atoms with Crippen LogP contribution in [0.1, 0.15) is 40.7 Å². The van der Waals surface area contributed by atoms with E-state index in [4.69, 9.17) is 14.2 Å². The molecule has 0 unspecified atom stereocenters. The molecule has 33 heavy (non-hydrogen) atoms. The molecule has 0 saturated carbocycles. The monoisotopic (exact) mass is 446 g/mol. The normalized spacial score (nSPS) is 17.2. The molecule has 1 heterocycles. The van der Waals surface area contributed by atoms with Gasteiger partial charge in [-0.25, -0.2) is 0 Å². The molecule has 0 saturated heterocycles. The van der Waals surface area contributed by atoms with E-state index >= 15 is 0 Å². The Labute approximate surface area is 197 Å². The highest BCUT2D eigenvalue weighted by Gasteiger charge is 2.30. The van der Waals surface area contributed by atoms with Crippen LogP contribution in [-0.4, -0.2) is 31.5 Å². The molecule has 174 valence electrons. The zero-order valence-electron chi connectivity index (χ0n) is 19.7. The van der Waals surface area contributed by atoms with Crippen LogP contribution in [0.3, 0.4) is 0 Å². The van der Waals surface area contributed by atoms with Crippen LogP contribution in [-0.2, 0) is 23.2 Å². The molecule has 3 aromatic rings. The van der Waals surface area contributed by atoms with Gasteiger partial charge in [-0.05, 0) is 68.4 Å². The number of aryl methyl sites for hydroxylation is 4. The molecule has 1 N–H and O–H groups in total. The second-order valence-corrected chi connectivity index (χ2v) is 8.93. The van der Waals surface area contributed by atoms with Crippen LogP contribution in [0.4, 0.5) is 0 Å². The molecule has 4 rings (SSSR count). The van der Waals surface area contributed by atoms with E-state index in [9.17, 15) is 5.11 Å². The van der Waals surface area contributed by atoms with Crippen molar-refractivity contribution in [1.29, 1.82) is 0 Å². The highest BCUT2D eigenvalue weighted by Crippen LogP contribution is 2.35. The summed E-state index contributed by atoms with van der Waals surface area (Å²) in [6.45, 7) is 6.15.